The third-order valence-electron chi connectivity index (χ3n) is 7.03. The first kappa shape index (κ1) is 23.9. The number of nitrogens with zero attached hydrogens (tertiary/aromatic N) is 5. The van der Waals surface area contributed by atoms with Crippen molar-refractivity contribution in [3.05, 3.63) is 59.0 Å². The number of halogens is 1. The number of hydrogen-bond acceptors (Lipinski definition) is 8. The van der Waals surface area contributed by atoms with Gasteiger partial charge in [0.15, 0.2) is 17.7 Å². The molecule has 4 atom stereocenters. The van der Waals surface area contributed by atoms with Crippen molar-refractivity contribution in [1.82, 2.24) is 15.2 Å². The van der Waals surface area contributed by atoms with E-state index in [0.29, 0.717) is 30.4 Å². The molecule has 0 saturated carbocycles. The average molecular weight is 493 g/mol. The van der Waals surface area contributed by atoms with Gasteiger partial charge in [-0.2, -0.15) is 0 Å². The summed E-state index contributed by atoms with van der Waals surface area (Å²) in [6.07, 6.45) is 9.72. The highest BCUT2D eigenvalue weighted by atomic mass is 19.1. The van der Waals surface area contributed by atoms with Crippen LogP contribution in [-0.4, -0.2) is 65.8 Å². The summed E-state index contributed by atoms with van der Waals surface area (Å²) < 4.78 is 26.2. The Morgan fingerprint density at radius 2 is 2.11 bits per heavy atom. The van der Waals surface area contributed by atoms with E-state index in [1.54, 1.807) is 18.3 Å². The highest BCUT2D eigenvalue weighted by Crippen LogP contribution is 2.41. The minimum Gasteiger partial charge on any atom is -0.486 e. The van der Waals surface area contributed by atoms with Crippen molar-refractivity contribution < 1.29 is 18.7 Å². The number of alkyl halides is 1. The van der Waals surface area contributed by atoms with Crippen LogP contribution in [0.4, 0.5) is 10.2 Å². The van der Waals surface area contributed by atoms with Gasteiger partial charge in [-0.15, -0.1) is 10.2 Å². The van der Waals surface area contributed by atoms with E-state index in [-0.39, 0.29) is 24.2 Å². The molecular weight excluding hydrogens is 463 g/mol. The van der Waals surface area contributed by atoms with Crippen LogP contribution in [0.25, 0.3) is 0 Å². The molecule has 3 aliphatic rings. The Balaban J connectivity index is 1.38. The third-order valence-corrected chi connectivity index (χ3v) is 7.03. The molecule has 1 unspecified atom stereocenters. The zero-order valence-corrected chi connectivity index (χ0v) is 20.3. The number of hydrogen-bond donors (Lipinski definition) is 1. The van der Waals surface area contributed by atoms with Crippen LogP contribution in [0.3, 0.4) is 0 Å². The number of primary amides is 1. The Kier molecular flexibility index (Phi) is 6.67. The summed E-state index contributed by atoms with van der Waals surface area (Å²) in [6.45, 7) is 2.53. The summed E-state index contributed by atoms with van der Waals surface area (Å²) in [5.74, 6) is 0.835. The Hall–Kier alpha value is -3.82. The number of rotatable bonds is 6. The van der Waals surface area contributed by atoms with E-state index in [1.165, 1.54) is 13.3 Å². The van der Waals surface area contributed by atoms with Gasteiger partial charge in [0.25, 0.3) is 5.91 Å². The Labute approximate surface area is 208 Å². The van der Waals surface area contributed by atoms with Crippen molar-refractivity contribution in [3.8, 4) is 11.6 Å². The number of ether oxygens (including phenoxy) is 2. The van der Waals surface area contributed by atoms with Crippen LogP contribution in [0.2, 0.25) is 0 Å². The molecule has 1 aliphatic carbocycles. The first-order chi connectivity index (χ1) is 17.5. The fourth-order valence-electron chi connectivity index (χ4n) is 5.30. The number of carbonyl (C=O) groups is 1. The summed E-state index contributed by atoms with van der Waals surface area (Å²) in [5, 5.41) is 8.55. The molecule has 9 nitrogen and oxygen atoms in total. The Morgan fingerprint density at radius 1 is 1.25 bits per heavy atom. The van der Waals surface area contributed by atoms with Crippen molar-refractivity contribution >= 4 is 17.9 Å². The van der Waals surface area contributed by atoms with Gasteiger partial charge in [-0.1, -0.05) is 12.2 Å². The van der Waals surface area contributed by atoms with E-state index in [4.69, 9.17) is 15.2 Å². The fraction of sp³-hybridized carbons (Fsp3) is 0.423. The van der Waals surface area contributed by atoms with Crippen molar-refractivity contribution in [2.24, 2.45) is 10.7 Å². The standard InChI is InChI=1S/C26H29FN6O3/c1-15-22(18-7-3-5-16-6-4-11-29-23(16)18)24(25(28)34)31-32-26(15)33-12-10-20(19(27)14-33)36-17-8-9-21(35-2)30-13-17/h4-6,8-9,11,13,18-20,23H,3,7,10,12,14H2,1-2H3,(H2,28,34)/t18?,19-,20+,23-/m0/s1. The molecule has 0 spiro atoms. The third kappa shape index (κ3) is 4.55. The maximum absolute atomic E-state index is 15.3. The molecule has 5 rings (SSSR count). The first-order valence-corrected chi connectivity index (χ1v) is 12.1. The molecule has 2 aromatic heterocycles. The summed E-state index contributed by atoms with van der Waals surface area (Å²) in [6, 6.07) is 3.28. The number of aromatic nitrogens is 3. The lowest BCUT2D eigenvalue weighted by Crippen LogP contribution is -2.48. The quantitative estimate of drug-likeness (QED) is 0.659. The molecule has 2 aromatic rings. The Bertz CT molecular complexity index is 1230. The normalized spacial score (nSPS) is 25.2. The van der Waals surface area contributed by atoms with E-state index in [0.717, 1.165) is 29.5 Å². The molecule has 0 aromatic carbocycles. The highest BCUT2D eigenvalue weighted by molar-refractivity contribution is 5.93. The lowest BCUT2D eigenvalue weighted by Gasteiger charge is -2.37. The van der Waals surface area contributed by atoms with Crippen LogP contribution in [-0.2, 0) is 0 Å². The number of dihydropyridines is 1. The minimum absolute atomic E-state index is 0.0624. The second-order valence-electron chi connectivity index (χ2n) is 9.21. The molecular formula is C26H29FN6O3. The van der Waals surface area contributed by atoms with Crippen molar-refractivity contribution in [2.45, 2.75) is 50.4 Å². The number of pyridine rings is 1. The van der Waals surface area contributed by atoms with E-state index in [9.17, 15) is 4.79 Å². The van der Waals surface area contributed by atoms with Crippen LogP contribution in [0.5, 0.6) is 11.6 Å². The van der Waals surface area contributed by atoms with Gasteiger partial charge in [0.1, 0.15) is 11.9 Å². The molecule has 1 amide bonds. The minimum atomic E-state index is -1.25. The SMILES string of the molecule is COc1ccc(O[C@@H]2CCN(c3nnc(C(N)=O)c(C4CCC=C5C=CC=N[C@@H]54)c3C)C[C@@H]2F)cn1. The molecule has 1 saturated heterocycles. The monoisotopic (exact) mass is 492 g/mol. The molecule has 1 fully saturated rings. The zero-order chi connectivity index (χ0) is 25.2. The van der Waals surface area contributed by atoms with Crippen LogP contribution < -0.4 is 20.1 Å². The van der Waals surface area contributed by atoms with Crippen LogP contribution >= 0.6 is 0 Å². The largest absolute Gasteiger partial charge is 0.486 e. The van der Waals surface area contributed by atoms with E-state index >= 15 is 4.39 Å². The molecule has 10 heteroatoms. The number of carbonyl (C=O) groups excluding carboxylic acids is 1. The van der Waals surface area contributed by atoms with Gasteiger partial charge in [-0.25, -0.2) is 9.37 Å². The lowest BCUT2D eigenvalue weighted by molar-refractivity contribution is 0.0814. The van der Waals surface area contributed by atoms with Gasteiger partial charge in [0.05, 0.1) is 25.9 Å². The summed E-state index contributed by atoms with van der Waals surface area (Å²) in [7, 11) is 1.53. The number of allylic oxidation sites excluding steroid dienone is 2. The number of amides is 1. The molecule has 4 heterocycles. The predicted octanol–water partition coefficient (Wildman–Crippen LogP) is 3.10. The maximum Gasteiger partial charge on any atom is 0.269 e. The fourth-order valence-corrected chi connectivity index (χ4v) is 5.30. The number of piperidine rings is 1. The number of anilines is 1. The maximum atomic E-state index is 15.3. The van der Waals surface area contributed by atoms with Crippen molar-refractivity contribution in [2.75, 3.05) is 25.1 Å². The van der Waals surface area contributed by atoms with Crippen molar-refractivity contribution in [1.29, 1.82) is 0 Å². The molecule has 188 valence electrons. The lowest BCUT2D eigenvalue weighted by atomic mass is 9.77. The van der Waals surface area contributed by atoms with Crippen LogP contribution in [0.15, 0.2) is 47.1 Å². The summed E-state index contributed by atoms with van der Waals surface area (Å²) in [5.41, 5.74) is 8.54. The predicted molar refractivity (Wildman–Crippen MR) is 134 cm³/mol. The van der Waals surface area contributed by atoms with Crippen LogP contribution in [0.1, 0.15) is 46.8 Å². The van der Waals surface area contributed by atoms with Gasteiger partial charge in [0.2, 0.25) is 5.88 Å². The second-order valence-corrected chi connectivity index (χ2v) is 9.21. The summed E-state index contributed by atoms with van der Waals surface area (Å²) in [4.78, 5) is 23.0. The molecule has 0 bridgehead atoms. The highest BCUT2D eigenvalue weighted by Gasteiger charge is 2.37. The first-order valence-electron chi connectivity index (χ1n) is 12.1. The van der Waals surface area contributed by atoms with Crippen LogP contribution in [0, 0.1) is 6.92 Å². The number of fused-ring (bicyclic) bond motifs is 1. The van der Waals surface area contributed by atoms with Gasteiger partial charge >= 0.3 is 0 Å². The second kappa shape index (κ2) is 10.0. The zero-order valence-electron chi connectivity index (χ0n) is 20.3. The molecule has 2 aliphatic heterocycles. The van der Waals surface area contributed by atoms with E-state index in [2.05, 4.69) is 32.3 Å². The average Bonchev–Trinajstić information content (AvgIpc) is 2.90. The topological polar surface area (TPSA) is 116 Å². The molecule has 2 N–H and O–H groups in total. The summed E-state index contributed by atoms with van der Waals surface area (Å²) >= 11 is 0. The number of nitrogens with two attached hydrogens (primary N) is 1. The van der Waals surface area contributed by atoms with Gasteiger partial charge in [-0.3, -0.25) is 9.79 Å². The molecule has 0 radical (unpaired) electrons. The molecule has 36 heavy (non-hydrogen) atoms. The van der Waals surface area contributed by atoms with E-state index in [1.807, 2.05) is 17.9 Å². The van der Waals surface area contributed by atoms with Gasteiger partial charge < -0.3 is 20.1 Å². The Morgan fingerprint density at radius 3 is 2.83 bits per heavy atom. The number of aliphatic imine (C=N–C) groups is 1. The van der Waals surface area contributed by atoms with E-state index < -0.39 is 18.2 Å². The van der Waals surface area contributed by atoms with Crippen molar-refractivity contribution in [3.63, 3.8) is 0 Å². The van der Waals surface area contributed by atoms with Gasteiger partial charge in [0, 0.05) is 31.2 Å². The van der Waals surface area contributed by atoms with Gasteiger partial charge in [-0.05, 0) is 48.6 Å². The number of methoxy groups -OCH3 is 1. The smallest absolute Gasteiger partial charge is 0.269 e.